The number of nitrogens with zero attached hydrogens (tertiary/aromatic N) is 2. The molecule has 0 N–H and O–H groups in total. The molecule has 2 aromatic carbocycles. The lowest BCUT2D eigenvalue weighted by atomic mass is 10.2. The van der Waals surface area contributed by atoms with E-state index in [1.807, 2.05) is 55.5 Å². The Labute approximate surface area is 145 Å². The Morgan fingerprint density at radius 3 is 2.62 bits per heavy atom. The number of para-hydroxylation sites is 1. The summed E-state index contributed by atoms with van der Waals surface area (Å²) in [6.45, 7) is 2.74. The van der Waals surface area contributed by atoms with E-state index in [1.165, 1.54) is 0 Å². The maximum Gasteiger partial charge on any atom is 0.266 e. The lowest BCUT2D eigenvalue weighted by molar-refractivity contribution is 0.200. The molecule has 0 spiro atoms. The molecule has 0 amide bonds. The lowest BCUT2D eigenvalue weighted by Crippen LogP contribution is -2.21. The molecule has 5 heteroatoms. The second kappa shape index (κ2) is 7.64. The van der Waals surface area contributed by atoms with Gasteiger partial charge in [0.1, 0.15) is 0 Å². The molecule has 124 valence electrons. The topological polar surface area (TPSA) is 44.1 Å². The Kier molecular flexibility index (Phi) is 5.33. The van der Waals surface area contributed by atoms with Crippen molar-refractivity contribution in [2.24, 2.45) is 0 Å². The number of aromatic nitrogens is 2. The van der Waals surface area contributed by atoms with E-state index in [2.05, 4.69) is 0 Å². The van der Waals surface area contributed by atoms with E-state index in [9.17, 15) is 4.79 Å². The van der Waals surface area contributed by atoms with Gasteiger partial charge in [-0.05, 0) is 37.6 Å². The zero-order valence-electron chi connectivity index (χ0n) is 13.9. The minimum atomic E-state index is -0.0290. The van der Waals surface area contributed by atoms with Crippen LogP contribution in [0.2, 0.25) is 0 Å². The van der Waals surface area contributed by atoms with Gasteiger partial charge in [-0.25, -0.2) is 4.98 Å². The van der Waals surface area contributed by atoms with E-state index in [0.717, 1.165) is 34.1 Å². The zero-order valence-corrected chi connectivity index (χ0v) is 14.7. The summed E-state index contributed by atoms with van der Waals surface area (Å²) in [5, 5.41) is 1.36. The largest absolute Gasteiger partial charge is 0.385 e. The second-order valence-electron chi connectivity index (χ2n) is 5.58. The maximum atomic E-state index is 13.0. The first-order valence-electron chi connectivity index (χ1n) is 7.91. The summed E-state index contributed by atoms with van der Waals surface area (Å²) in [7, 11) is 1.70. The first-order chi connectivity index (χ1) is 11.7. The van der Waals surface area contributed by atoms with Gasteiger partial charge < -0.3 is 4.74 Å². The van der Waals surface area contributed by atoms with Crippen molar-refractivity contribution in [3.05, 3.63) is 64.4 Å². The minimum absolute atomic E-state index is 0.0290. The highest BCUT2D eigenvalue weighted by Crippen LogP contribution is 2.22. The van der Waals surface area contributed by atoms with Crippen LogP contribution < -0.4 is 5.56 Å². The summed E-state index contributed by atoms with van der Waals surface area (Å²) < 4.78 is 6.81. The first-order valence-corrected chi connectivity index (χ1v) is 8.90. The molecule has 0 radical (unpaired) electrons. The van der Waals surface area contributed by atoms with E-state index < -0.39 is 0 Å². The number of hydrogen-bond donors (Lipinski definition) is 0. The molecule has 24 heavy (non-hydrogen) atoms. The highest BCUT2D eigenvalue weighted by Gasteiger charge is 2.12. The fourth-order valence-corrected chi connectivity index (χ4v) is 3.42. The smallest absolute Gasteiger partial charge is 0.266 e. The van der Waals surface area contributed by atoms with Gasteiger partial charge in [-0.3, -0.25) is 9.36 Å². The highest BCUT2D eigenvalue weighted by atomic mass is 32.2. The summed E-state index contributed by atoms with van der Waals surface area (Å²) in [4.78, 5) is 17.7. The van der Waals surface area contributed by atoms with Crippen LogP contribution in [0, 0.1) is 6.92 Å². The lowest BCUT2D eigenvalue weighted by Gasteiger charge is -2.13. The van der Waals surface area contributed by atoms with Crippen molar-refractivity contribution < 1.29 is 4.74 Å². The highest BCUT2D eigenvalue weighted by molar-refractivity contribution is 7.99. The zero-order chi connectivity index (χ0) is 16.9. The van der Waals surface area contributed by atoms with Gasteiger partial charge in [0.2, 0.25) is 0 Å². The van der Waals surface area contributed by atoms with Crippen molar-refractivity contribution in [1.29, 1.82) is 0 Å². The maximum absolute atomic E-state index is 13.0. The predicted octanol–water partition coefficient (Wildman–Crippen LogP) is 3.82. The molecule has 0 aliphatic carbocycles. The average molecular weight is 340 g/mol. The van der Waals surface area contributed by atoms with Crippen LogP contribution in [0.5, 0.6) is 0 Å². The molecular formula is C19H20N2O2S. The molecule has 0 saturated carbocycles. The van der Waals surface area contributed by atoms with Gasteiger partial charge in [0.05, 0.1) is 16.6 Å². The number of benzene rings is 2. The van der Waals surface area contributed by atoms with Crippen LogP contribution in [-0.4, -0.2) is 29.0 Å². The van der Waals surface area contributed by atoms with Gasteiger partial charge in [0, 0.05) is 19.5 Å². The van der Waals surface area contributed by atoms with Gasteiger partial charge >= 0.3 is 0 Å². The minimum Gasteiger partial charge on any atom is -0.385 e. The Balaban J connectivity index is 2.10. The number of ether oxygens (including phenoxy) is 1. The van der Waals surface area contributed by atoms with Crippen LogP contribution in [0.4, 0.5) is 0 Å². The van der Waals surface area contributed by atoms with Crippen LogP contribution in [0.3, 0.4) is 0 Å². The van der Waals surface area contributed by atoms with Crippen molar-refractivity contribution in [2.45, 2.75) is 18.5 Å². The van der Waals surface area contributed by atoms with Crippen LogP contribution in [-0.2, 0) is 4.74 Å². The normalized spacial score (nSPS) is 11.1. The fourth-order valence-electron chi connectivity index (χ4n) is 2.50. The molecule has 0 aliphatic rings. The van der Waals surface area contributed by atoms with Gasteiger partial charge in [-0.15, -0.1) is 0 Å². The second-order valence-corrected chi connectivity index (χ2v) is 6.64. The van der Waals surface area contributed by atoms with Crippen molar-refractivity contribution >= 4 is 22.7 Å². The van der Waals surface area contributed by atoms with Gasteiger partial charge in [-0.2, -0.15) is 0 Å². The van der Waals surface area contributed by atoms with E-state index in [0.29, 0.717) is 12.0 Å². The Bertz CT molecular complexity index is 888. The van der Waals surface area contributed by atoms with E-state index in [1.54, 1.807) is 23.4 Å². The third-order valence-corrected chi connectivity index (χ3v) is 4.79. The molecule has 0 unspecified atom stereocenters. The van der Waals surface area contributed by atoms with E-state index >= 15 is 0 Å². The number of aryl methyl sites for hydroxylation is 1. The Hall–Kier alpha value is -2.11. The van der Waals surface area contributed by atoms with E-state index in [-0.39, 0.29) is 5.56 Å². The summed E-state index contributed by atoms with van der Waals surface area (Å²) >= 11 is 1.59. The van der Waals surface area contributed by atoms with Crippen LogP contribution in [0.25, 0.3) is 16.6 Å². The molecule has 3 aromatic rings. The molecule has 1 heterocycles. The molecule has 1 aromatic heterocycles. The third kappa shape index (κ3) is 3.52. The van der Waals surface area contributed by atoms with Crippen LogP contribution in [0.1, 0.15) is 12.0 Å². The molecule has 0 saturated heterocycles. The van der Waals surface area contributed by atoms with Crippen molar-refractivity contribution in [3.8, 4) is 5.69 Å². The van der Waals surface area contributed by atoms with Gasteiger partial charge in [0.25, 0.3) is 5.56 Å². The molecule has 0 bridgehead atoms. The molecule has 0 fully saturated rings. The number of rotatable bonds is 6. The number of hydrogen-bond acceptors (Lipinski definition) is 4. The Morgan fingerprint density at radius 1 is 1.12 bits per heavy atom. The first kappa shape index (κ1) is 16.7. The van der Waals surface area contributed by atoms with Crippen molar-refractivity contribution in [1.82, 2.24) is 9.55 Å². The van der Waals surface area contributed by atoms with Crippen molar-refractivity contribution in [3.63, 3.8) is 0 Å². The number of fused-ring (bicyclic) bond motifs is 1. The molecular weight excluding hydrogens is 320 g/mol. The van der Waals surface area contributed by atoms with Crippen LogP contribution >= 0.6 is 11.8 Å². The van der Waals surface area contributed by atoms with E-state index in [4.69, 9.17) is 9.72 Å². The molecule has 3 rings (SSSR count). The fraction of sp³-hybridized carbons (Fsp3) is 0.263. The summed E-state index contributed by atoms with van der Waals surface area (Å²) in [6, 6.07) is 15.4. The van der Waals surface area contributed by atoms with Gasteiger partial charge in [0.15, 0.2) is 5.16 Å². The van der Waals surface area contributed by atoms with Gasteiger partial charge in [-0.1, -0.05) is 41.6 Å². The summed E-state index contributed by atoms with van der Waals surface area (Å²) in [6.07, 6.45) is 0.914. The monoisotopic (exact) mass is 340 g/mol. The molecule has 0 aliphatic heterocycles. The summed E-state index contributed by atoms with van der Waals surface area (Å²) in [5.41, 5.74) is 2.71. The number of thioether (sulfide) groups is 1. The quantitative estimate of drug-likeness (QED) is 0.389. The summed E-state index contributed by atoms with van der Waals surface area (Å²) in [5.74, 6) is 0.852. The standard InChI is InChI=1S/C19H20N2O2S/c1-14-8-10-15(11-9-14)21-18(22)16-6-3-4-7-17(16)20-19(21)24-13-5-12-23-2/h3-4,6-11H,5,12-13H2,1-2H3. The predicted molar refractivity (Wildman–Crippen MR) is 99.3 cm³/mol. The van der Waals surface area contributed by atoms with Crippen molar-refractivity contribution in [2.75, 3.05) is 19.5 Å². The average Bonchev–Trinajstić information content (AvgIpc) is 2.60. The molecule has 4 nitrogen and oxygen atoms in total. The van der Waals surface area contributed by atoms with Crippen LogP contribution in [0.15, 0.2) is 58.5 Å². The SMILES string of the molecule is COCCCSc1nc2ccccc2c(=O)n1-c1ccc(C)cc1. The number of methoxy groups -OCH3 is 1. The Morgan fingerprint density at radius 2 is 1.88 bits per heavy atom. The molecule has 0 atom stereocenters. The third-order valence-electron chi connectivity index (χ3n) is 3.76.